The van der Waals surface area contributed by atoms with Gasteiger partial charge in [-0.3, -0.25) is 0 Å². The van der Waals surface area contributed by atoms with Gasteiger partial charge < -0.3 is 71.0 Å². The van der Waals surface area contributed by atoms with E-state index in [1.54, 1.807) is 0 Å². The van der Waals surface area contributed by atoms with Gasteiger partial charge in [0.25, 0.3) is 0 Å². The predicted octanol–water partition coefficient (Wildman–Crippen LogP) is -1.53. The average molecular weight is 574 g/mol. The summed E-state index contributed by atoms with van der Waals surface area (Å²) in [6.07, 6.45) is 0. The van der Waals surface area contributed by atoms with Crippen molar-refractivity contribution in [1.29, 1.82) is 0 Å². The minimum Gasteiger partial charge on any atom is -2.00 e. The standard InChI is InChI=1S/Cd.Mg.Mn.3Te/q3*+2;3*-2. The van der Waals surface area contributed by atoms with Crippen LogP contribution in [0.4, 0.5) is 0 Å². The third-order valence-electron chi connectivity index (χ3n) is 0. The molecule has 1 radical (unpaired) electrons. The third kappa shape index (κ3) is 23.5. The Morgan fingerprint density at radius 1 is 0.667 bits per heavy atom. The molecule has 0 aliphatic carbocycles. The molecule has 0 fully saturated rings. The molecule has 0 aromatic rings. The van der Waals surface area contributed by atoms with Crippen molar-refractivity contribution in [3.8, 4) is 0 Å². The normalized spacial score (nSPS) is 0. The van der Waals surface area contributed by atoms with Gasteiger partial charge in [0.1, 0.15) is 0 Å². The Bertz CT molecular complexity index is 10.8. The summed E-state index contributed by atoms with van der Waals surface area (Å²) in [6, 6.07) is 0. The summed E-state index contributed by atoms with van der Waals surface area (Å²) >= 11 is 0. The molecular formula is CdMgMnTe3. The van der Waals surface area contributed by atoms with Crippen molar-refractivity contribution in [2.24, 2.45) is 0 Å². The van der Waals surface area contributed by atoms with Gasteiger partial charge in [-0.1, -0.05) is 0 Å². The molecule has 6 heteroatoms. The molecule has 0 saturated heterocycles. The maximum absolute atomic E-state index is 0. The van der Waals surface area contributed by atoms with Crippen LogP contribution in [0.3, 0.4) is 0 Å². The van der Waals surface area contributed by atoms with Crippen molar-refractivity contribution in [2.45, 2.75) is 0 Å². The van der Waals surface area contributed by atoms with E-state index < -0.39 is 0 Å². The predicted molar refractivity (Wildman–Crippen MR) is 23.0 cm³/mol. The number of hydrogen-bond donors (Lipinski definition) is 0. The summed E-state index contributed by atoms with van der Waals surface area (Å²) in [7, 11) is 0. The Hall–Kier alpha value is 4.58. The van der Waals surface area contributed by atoms with E-state index in [1.165, 1.54) is 0 Å². The molecular weight excluding hydrogens is 574 g/mol. The van der Waals surface area contributed by atoms with Gasteiger partial charge in [0.05, 0.1) is 0 Å². The Morgan fingerprint density at radius 2 is 0.667 bits per heavy atom. The van der Waals surface area contributed by atoms with E-state index >= 15 is 0 Å². The van der Waals surface area contributed by atoms with Crippen molar-refractivity contribution >= 4 is 94.1 Å². The van der Waals surface area contributed by atoms with Crippen LogP contribution in [0.15, 0.2) is 0 Å². The largest absolute Gasteiger partial charge is 2.00 e. The summed E-state index contributed by atoms with van der Waals surface area (Å²) < 4.78 is 0. The molecule has 0 aliphatic rings. The van der Waals surface area contributed by atoms with E-state index in [0.717, 1.165) is 0 Å². The molecule has 0 nitrogen and oxygen atoms in total. The van der Waals surface area contributed by atoms with Gasteiger partial charge >= 0.3 is 67.4 Å². The van der Waals surface area contributed by atoms with Crippen LogP contribution in [-0.4, -0.2) is 94.1 Å². The van der Waals surface area contributed by atoms with Crippen molar-refractivity contribution < 1.29 is 44.4 Å². The van der Waals surface area contributed by atoms with Crippen molar-refractivity contribution in [3.05, 3.63) is 0 Å². The van der Waals surface area contributed by atoms with Gasteiger partial charge in [-0.2, -0.15) is 0 Å². The van der Waals surface area contributed by atoms with Crippen molar-refractivity contribution in [3.63, 3.8) is 0 Å². The first-order valence-corrected chi connectivity index (χ1v) is 0. The molecule has 0 spiro atoms. The van der Waals surface area contributed by atoms with Crippen LogP contribution in [0.25, 0.3) is 0 Å². The van der Waals surface area contributed by atoms with Gasteiger partial charge in [-0.05, 0) is 0 Å². The second kappa shape index (κ2) is 33.6. The quantitative estimate of drug-likeness (QED) is 0.309. The number of rotatable bonds is 0. The summed E-state index contributed by atoms with van der Waals surface area (Å²) in [4.78, 5) is 0. The summed E-state index contributed by atoms with van der Waals surface area (Å²) in [5.41, 5.74) is 0. The van der Waals surface area contributed by atoms with Crippen LogP contribution < -0.4 is 0 Å². The molecule has 6 heavy (non-hydrogen) atoms. The molecule has 0 atom stereocenters. The molecule has 0 aromatic carbocycles. The van der Waals surface area contributed by atoms with Crippen molar-refractivity contribution in [2.75, 3.05) is 0 Å². The van der Waals surface area contributed by atoms with E-state index in [0.29, 0.717) is 0 Å². The van der Waals surface area contributed by atoms with Gasteiger partial charge in [-0.15, -0.1) is 0 Å². The molecule has 0 unspecified atom stereocenters. The Balaban J connectivity index is 0. The third-order valence-corrected chi connectivity index (χ3v) is 0. The van der Waals surface area contributed by atoms with E-state index in [2.05, 4.69) is 0 Å². The van der Waals surface area contributed by atoms with Crippen LogP contribution in [0.1, 0.15) is 0 Å². The molecule has 29 valence electrons. The number of hydrogen-bond acceptors (Lipinski definition) is 0. The SMILES string of the molecule is [Cd+2].[Mg+2].[Mn+2].[Te-2].[Te-2].[Te-2]. The molecule has 0 bridgehead atoms. The first kappa shape index (κ1) is 46.3. The molecule has 0 aliphatic heterocycles. The summed E-state index contributed by atoms with van der Waals surface area (Å²) in [5.74, 6) is 0. The van der Waals surface area contributed by atoms with E-state index in [9.17, 15) is 0 Å². The van der Waals surface area contributed by atoms with Crippen LogP contribution >= 0.6 is 0 Å². The first-order valence-electron chi connectivity index (χ1n) is 0. The van der Waals surface area contributed by atoms with E-state index in [4.69, 9.17) is 0 Å². The van der Waals surface area contributed by atoms with Crippen LogP contribution in [0.5, 0.6) is 0 Å². The zero-order valence-corrected chi connectivity index (χ0v) is 16.6. The molecule has 0 saturated carbocycles. The zero-order chi connectivity index (χ0) is 0. The summed E-state index contributed by atoms with van der Waals surface area (Å²) in [5, 5.41) is 0. The smallest absolute Gasteiger partial charge is 2.00 e. The van der Waals surface area contributed by atoms with Crippen LogP contribution in [0.2, 0.25) is 0 Å². The summed E-state index contributed by atoms with van der Waals surface area (Å²) in [6.45, 7) is 0. The molecule has 0 amide bonds. The second-order valence-electron chi connectivity index (χ2n) is 0. The minimum absolute atomic E-state index is 0. The maximum atomic E-state index is 0. The van der Waals surface area contributed by atoms with E-state index in [-0.39, 0.29) is 138 Å². The molecule has 0 aromatic heterocycles. The monoisotopic (exact) mass is 583 g/mol. The van der Waals surface area contributed by atoms with Gasteiger partial charge in [0.2, 0.25) is 0 Å². The first-order chi connectivity index (χ1) is 0. The van der Waals surface area contributed by atoms with Crippen molar-refractivity contribution in [1.82, 2.24) is 0 Å². The molecule has 0 heterocycles. The van der Waals surface area contributed by atoms with Gasteiger partial charge in [0, 0.05) is 0 Å². The fourth-order valence-corrected chi connectivity index (χ4v) is 0. The average Bonchev–Trinajstić information content (AvgIpc) is 0. The maximum Gasteiger partial charge on any atom is 2.00 e. The zero-order valence-electron chi connectivity index (χ0n) is 3.02. The fraction of sp³-hybridized carbons (Fsp3) is 0. The topological polar surface area (TPSA) is 0 Å². The van der Waals surface area contributed by atoms with E-state index in [1.807, 2.05) is 0 Å². The van der Waals surface area contributed by atoms with Gasteiger partial charge in [-0.25, -0.2) is 0 Å². The molecule has 0 N–H and O–H groups in total. The van der Waals surface area contributed by atoms with Crippen LogP contribution in [-0.2, 0) is 44.4 Å². The second-order valence-corrected chi connectivity index (χ2v) is 0. The van der Waals surface area contributed by atoms with Gasteiger partial charge in [0.15, 0.2) is 0 Å². The minimum atomic E-state index is 0. The Morgan fingerprint density at radius 3 is 0.667 bits per heavy atom. The molecule has 0 rings (SSSR count). The Labute approximate surface area is 135 Å². The van der Waals surface area contributed by atoms with Crippen LogP contribution in [0, 0.1) is 0 Å². The Kier molecular flexibility index (Phi) is 260. The fourth-order valence-electron chi connectivity index (χ4n) is 0.